The minimum Gasteiger partial charge on any atom is -0.339 e. The Kier molecular flexibility index (Phi) is 6.79. The first-order valence-corrected chi connectivity index (χ1v) is 9.77. The van der Waals surface area contributed by atoms with Gasteiger partial charge in [0.2, 0.25) is 11.8 Å². The van der Waals surface area contributed by atoms with Crippen molar-refractivity contribution in [2.75, 3.05) is 57.7 Å². The number of piperidine rings is 1. The summed E-state index contributed by atoms with van der Waals surface area (Å²) in [6.07, 6.45) is 2.42. The van der Waals surface area contributed by atoms with E-state index in [1.165, 1.54) is 25.0 Å². The molecular formula is C20H29FN4O2. The summed E-state index contributed by atoms with van der Waals surface area (Å²) < 4.78 is 13.2. The third-order valence-corrected chi connectivity index (χ3v) is 5.30. The first-order valence-electron chi connectivity index (χ1n) is 9.77. The maximum absolute atomic E-state index is 13.2. The van der Waals surface area contributed by atoms with Crippen molar-refractivity contribution in [3.8, 4) is 0 Å². The van der Waals surface area contributed by atoms with E-state index in [1.807, 2.05) is 9.80 Å². The summed E-state index contributed by atoms with van der Waals surface area (Å²) in [7, 11) is 0. The highest BCUT2D eigenvalue weighted by atomic mass is 19.1. The first-order chi connectivity index (χ1) is 13.0. The van der Waals surface area contributed by atoms with E-state index in [9.17, 15) is 14.0 Å². The Morgan fingerprint density at radius 2 is 1.89 bits per heavy atom. The topological polar surface area (TPSA) is 55.9 Å². The van der Waals surface area contributed by atoms with Crippen molar-refractivity contribution >= 4 is 17.5 Å². The van der Waals surface area contributed by atoms with E-state index in [0.29, 0.717) is 44.3 Å². The van der Waals surface area contributed by atoms with Crippen LogP contribution in [-0.4, -0.2) is 78.9 Å². The van der Waals surface area contributed by atoms with Crippen LogP contribution in [0.3, 0.4) is 0 Å². The van der Waals surface area contributed by atoms with Crippen molar-refractivity contribution in [3.63, 3.8) is 0 Å². The molecule has 2 saturated heterocycles. The van der Waals surface area contributed by atoms with E-state index in [2.05, 4.69) is 17.1 Å². The lowest BCUT2D eigenvalue weighted by atomic mass is 10.0. The molecule has 2 amide bonds. The van der Waals surface area contributed by atoms with Crippen LogP contribution in [0.5, 0.6) is 0 Å². The summed E-state index contributed by atoms with van der Waals surface area (Å²) in [5.74, 6) is 0.318. The van der Waals surface area contributed by atoms with Gasteiger partial charge >= 0.3 is 0 Å². The molecule has 27 heavy (non-hydrogen) atoms. The van der Waals surface area contributed by atoms with Gasteiger partial charge in [0.05, 0.1) is 13.1 Å². The summed E-state index contributed by atoms with van der Waals surface area (Å²) in [5, 5.41) is 2.71. The summed E-state index contributed by atoms with van der Waals surface area (Å²) in [5.41, 5.74) is 0.463. The van der Waals surface area contributed by atoms with Crippen LogP contribution in [0.25, 0.3) is 0 Å². The predicted molar refractivity (Wildman–Crippen MR) is 103 cm³/mol. The Morgan fingerprint density at radius 3 is 2.59 bits per heavy atom. The van der Waals surface area contributed by atoms with Crippen LogP contribution in [0.1, 0.15) is 19.8 Å². The zero-order chi connectivity index (χ0) is 19.2. The summed E-state index contributed by atoms with van der Waals surface area (Å²) >= 11 is 0. The van der Waals surface area contributed by atoms with Crippen LogP contribution in [0.4, 0.5) is 10.1 Å². The Hall–Kier alpha value is -1.99. The number of halogens is 1. The molecule has 3 rings (SSSR count). The summed E-state index contributed by atoms with van der Waals surface area (Å²) in [6, 6.07) is 5.88. The van der Waals surface area contributed by atoms with Gasteiger partial charge in [-0.2, -0.15) is 0 Å². The number of benzene rings is 1. The van der Waals surface area contributed by atoms with Gasteiger partial charge in [-0.3, -0.25) is 19.4 Å². The van der Waals surface area contributed by atoms with Gasteiger partial charge in [-0.1, -0.05) is 13.0 Å². The Balaban J connectivity index is 1.39. The van der Waals surface area contributed by atoms with Gasteiger partial charge in [0.25, 0.3) is 0 Å². The second kappa shape index (κ2) is 9.28. The fourth-order valence-electron chi connectivity index (χ4n) is 3.85. The zero-order valence-electron chi connectivity index (χ0n) is 16.0. The van der Waals surface area contributed by atoms with Crippen LogP contribution >= 0.6 is 0 Å². The zero-order valence-corrected chi connectivity index (χ0v) is 16.0. The number of anilines is 1. The molecule has 6 nitrogen and oxygen atoms in total. The van der Waals surface area contributed by atoms with Crippen LogP contribution in [0, 0.1) is 11.7 Å². The van der Waals surface area contributed by atoms with Gasteiger partial charge in [-0.25, -0.2) is 4.39 Å². The highest BCUT2D eigenvalue weighted by Crippen LogP contribution is 2.15. The number of amides is 2. The number of nitrogens with one attached hydrogen (secondary N) is 1. The number of carbonyl (C=O) groups excluding carboxylic acids is 2. The van der Waals surface area contributed by atoms with Gasteiger partial charge in [0, 0.05) is 38.4 Å². The average molecular weight is 376 g/mol. The Morgan fingerprint density at radius 1 is 1.11 bits per heavy atom. The molecule has 1 atom stereocenters. The predicted octanol–water partition coefficient (Wildman–Crippen LogP) is 1.64. The Bertz CT molecular complexity index is 661. The van der Waals surface area contributed by atoms with E-state index < -0.39 is 0 Å². The quantitative estimate of drug-likeness (QED) is 0.849. The summed E-state index contributed by atoms with van der Waals surface area (Å²) in [4.78, 5) is 30.9. The number of hydrogen-bond acceptors (Lipinski definition) is 4. The van der Waals surface area contributed by atoms with E-state index >= 15 is 0 Å². The molecule has 1 aromatic carbocycles. The fourth-order valence-corrected chi connectivity index (χ4v) is 3.85. The van der Waals surface area contributed by atoms with Crippen LogP contribution in [-0.2, 0) is 9.59 Å². The Labute approximate surface area is 160 Å². The highest BCUT2D eigenvalue weighted by Gasteiger charge is 2.25. The number of rotatable bonds is 5. The molecule has 2 heterocycles. The molecule has 0 aliphatic carbocycles. The molecule has 1 aromatic rings. The number of carbonyl (C=O) groups is 2. The number of piperazine rings is 1. The lowest BCUT2D eigenvalue weighted by Crippen LogP contribution is -2.53. The van der Waals surface area contributed by atoms with Gasteiger partial charge in [-0.05, 0) is 43.5 Å². The third-order valence-electron chi connectivity index (χ3n) is 5.30. The second-order valence-corrected chi connectivity index (χ2v) is 7.70. The molecule has 0 bridgehead atoms. The van der Waals surface area contributed by atoms with Gasteiger partial charge in [0.1, 0.15) is 5.82 Å². The van der Waals surface area contributed by atoms with Crippen LogP contribution in [0.2, 0.25) is 0 Å². The minimum atomic E-state index is -0.372. The molecule has 2 aliphatic rings. The van der Waals surface area contributed by atoms with Gasteiger partial charge < -0.3 is 10.2 Å². The minimum absolute atomic E-state index is 0.164. The lowest BCUT2D eigenvalue weighted by molar-refractivity contribution is -0.134. The molecule has 0 saturated carbocycles. The molecule has 2 aliphatic heterocycles. The van der Waals surface area contributed by atoms with Gasteiger partial charge in [0.15, 0.2) is 0 Å². The fraction of sp³-hybridized carbons (Fsp3) is 0.600. The molecule has 0 aromatic heterocycles. The molecule has 2 fully saturated rings. The molecular weight excluding hydrogens is 347 g/mol. The van der Waals surface area contributed by atoms with Crippen molar-refractivity contribution in [3.05, 3.63) is 30.1 Å². The molecule has 1 N–H and O–H groups in total. The highest BCUT2D eigenvalue weighted by molar-refractivity contribution is 5.92. The average Bonchev–Trinajstić information content (AvgIpc) is 2.62. The van der Waals surface area contributed by atoms with Crippen LogP contribution in [0.15, 0.2) is 24.3 Å². The van der Waals surface area contributed by atoms with Gasteiger partial charge in [-0.15, -0.1) is 0 Å². The molecule has 0 radical (unpaired) electrons. The van der Waals surface area contributed by atoms with Crippen LogP contribution < -0.4 is 5.32 Å². The molecule has 0 spiro atoms. The van der Waals surface area contributed by atoms with Crippen molar-refractivity contribution in [1.29, 1.82) is 0 Å². The lowest BCUT2D eigenvalue weighted by Gasteiger charge is -2.36. The van der Waals surface area contributed by atoms with Crippen molar-refractivity contribution in [2.24, 2.45) is 5.92 Å². The molecule has 7 heteroatoms. The smallest absolute Gasteiger partial charge is 0.238 e. The number of nitrogens with zero attached hydrogens (tertiary/aromatic N) is 3. The monoisotopic (exact) mass is 376 g/mol. The van der Waals surface area contributed by atoms with E-state index in [0.717, 1.165) is 13.1 Å². The van der Waals surface area contributed by atoms with E-state index in [4.69, 9.17) is 0 Å². The normalized spacial score (nSPS) is 21.9. The third kappa shape index (κ3) is 6.01. The number of hydrogen-bond donors (Lipinski definition) is 1. The standard InChI is InChI=1S/C20H29FN4O2/c1-16-4-3-7-24(13-16)15-20(27)25-10-8-23(9-11-25)14-19(26)22-18-6-2-5-17(21)12-18/h2,5-6,12,16H,3-4,7-11,13-15H2,1H3,(H,22,26)/t16-/m0/s1. The van der Waals surface area contributed by atoms with E-state index in [1.54, 1.807) is 12.1 Å². The maximum Gasteiger partial charge on any atom is 0.238 e. The van der Waals surface area contributed by atoms with Crippen molar-refractivity contribution in [2.45, 2.75) is 19.8 Å². The second-order valence-electron chi connectivity index (χ2n) is 7.70. The van der Waals surface area contributed by atoms with E-state index in [-0.39, 0.29) is 24.2 Å². The summed E-state index contributed by atoms with van der Waals surface area (Å²) in [6.45, 7) is 7.67. The first kappa shape index (κ1) is 19.8. The van der Waals surface area contributed by atoms with Crippen molar-refractivity contribution in [1.82, 2.24) is 14.7 Å². The largest absolute Gasteiger partial charge is 0.339 e. The number of likely N-dealkylation sites (tertiary alicyclic amines) is 1. The SMILES string of the molecule is C[C@H]1CCCN(CC(=O)N2CCN(CC(=O)Nc3cccc(F)c3)CC2)C1. The maximum atomic E-state index is 13.2. The van der Waals surface area contributed by atoms with Crippen molar-refractivity contribution < 1.29 is 14.0 Å². The molecule has 148 valence electrons. The molecule has 0 unspecified atom stereocenters.